The summed E-state index contributed by atoms with van der Waals surface area (Å²) in [5.74, 6) is 1.32. The number of nitrogens with zero attached hydrogens (tertiary/aromatic N) is 5. The number of aromatic carboxylic acids is 1. The fourth-order valence-corrected chi connectivity index (χ4v) is 7.72. The Bertz CT molecular complexity index is 1700. The Morgan fingerprint density at radius 2 is 1.78 bits per heavy atom. The fraction of sp³-hybridized carbons (Fsp3) is 0.447. The van der Waals surface area contributed by atoms with Crippen LogP contribution in [0.4, 0.5) is 5.69 Å². The monoisotopic (exact) mass is 603 g/mol. The van der Waals surface area contributed by atoms with Gasteiger partial charge >= 0.3 is 5.97 Å². The Kier molecular flexibility index (Phi) is 8.21. The van der Waals surface area contributed by atoms with Crippen LogP contribution in [-0.4, -0.2) is 56.4 Å². The lowest BCUT2D eigenvalue weighted by Gasteiger charge is -2.33. The van der Waals surface area contributed by atoms with Gasteiger partial charge in [-0.2, -0.15) is 5.10 Å². The van der Waals surface area contributed by atoms with Crippen LogP contribution in [0, 0.1) is 5.92 Å². The highest BCUT2D eigenvalue weighted by atomic mass is 16.4. The topological polar surface area (TPSA) is 74.5 Å². The third kappa shape index (κ3) is 5.90. The normalized spacial score (nSPS) is 18.8. The predicted molar refractivity (Wildman–Crippen MR) is 179 cm³/mol. The maximum absolute atomic E-state index is 11.8. The molecule has 0 radical (unpaired) electrons. The van der Waals surface area contributed by atoms with Crippen molar-refractivity contribution in [1.82, 2.24) is 19.7 Å². The number of para-hydroxylation sites is 1. The minimum absolute atomic E-state index is 0.224. The molecule has 1 atom stereocenters. The first-order valence-corrected chi connectivity index (χ1v) is 16.9. The van der Waals surface area contributed by atoms with Gasteiger partial charge in [-0.1, -0.05) is 56.3 Å². The lowest BCUT2D eigenvalue weighted by Crippen LogP contribution is -2.34. The van der Waals surface area contributed by atoms with Gasteiger partial charge in [0.1, 0.15) is 5.56 Å². The molecule has 0 amide bonds. The van der Waals surface area contributed by atoms with E-state index in [0.717, 1.165) is 36.6 Å². The number of rotatable bonds is 10. The predicted octanol–water partition coefficient (Wildman–Crippen LogP) is 7.30. The summed E-state index contributed by atoms with van der Waals surface area (Å²) in [5, 5.41) is 14.0. The van der Waals surface area contributed by atoms with Crippen molar-refractivity contribution in [3.8, 4) is 17.1 Å². The van der Waals surface area contributed by atoms with Gasteiger partial charge in [0.2, 0.25) is 0 Å². The van der Waals surface area contributed by atoms with E-state index in [1.807, 2.05) is 25.1 Å². The van der Waals surface area contributed by atoms with Crippen LogP contribution < -0.4 is 4.90 Å². The second-order valence-electron chi connectivity index (χ2n) is 13.4. The van der Waals surface area contributed by atoms with Gasteiger partial charge in [0.05, 0.1) is 23.3 Å². The summed E-state index contributed by atoms with van der Waals surface area (Å²) < 4.78 is 1.67. The molecule has 7 rings (SSSR count). The second-order valence-corrected chi connectivity index (χ2v) is 13.4. The number of carbonyl (C=O) groups is 1. The number of aromatic nitrogens is 3. The van der Waals surface area contributed by atoms with Gasteiger partial charge in [0.15, 0.2) is 5.82 Å². The zero-order valence-electron chi connectivity index (χ0n) is 26.9. The summed E-state index contributed by atoms with van der Waals surface area (Å²) in [6.07, 6.45) is 9.48. The van der Waals surface area contributed by atoms with Crippen LogP contribution in [0.3, 0.4) is 0 Å². The molecule has 1 aliphatic carbocycles. The SMILES string of the molecule is CCc1cc(CN2c3c(cccc3-c3cccc(-n4ncc(C(=O)O)c4CC)n3)CC2C)ccc1C1CCN(CC2CC2)CC1. The second kappa shape index (κ2) is 12.4. The first-order chi connectivity index (χ1) is 21.9. The van der Waals surface area contributed by atoms with Gasteiger partial charge in [-0.15, -0.1) is 0 Å². The molecule has 7 nitrogen and oxygen atoms in total. The Morgan fingerprint density at radius 1 is 0.978 bits per heavy atom. The van der Waals surface area contributed by atoms with E-state index in [0.29, 0.717) is 29.9 Å². The number of anilines is 1. The number of carboxylic acids is 1. The van der Waals surface area contributed by atoms with Gasteiger partial charge in [-0.25, -0.2) is 14.5 Å². The Balaban J connectivity index is 1.15. The summed E-state index contributed by atoms with van der Waals surface area (Å²) in [6.45, 7) is 11.2. The van der Waals surface area contributed by atoms with Crippen LogP contribution in [0.1, 0.15) is 90.7 Å². The molecule has 0 spiro atoms. The number of likely N-dealkylation sites (tertiary alicyclic amines) is 1. The van der Waals surface area contributed by atoms with Crippen molar-refractivity contribution in [3.05, 3.63) is 94.3 Å². The van der Waals surface area contributed by atoms with Crippen LogP contribution in [0.15, 0.2) is 60.8 Å². The van der Waals surface area contributed by atoms with Crippen LogP contribution in [-0.2, 0) is 25.8 Å². The molecule has 2 fully saturated rings. The Hall–Kier alpha value is -3.97. The van der Waals surface area contributed by atoms with Crippen molar-refractivity contribution in [2.75, 3.05) is 24.5 Å². The number of pyridine rings is 1. The minimum Gasteiger partial charge on any atom is -0.478 e. The zero-order chi connectivity index (χ0) is 31.1. The third-order valence-corrected chi connectivity index (χ3v) is 10.3. The van der Waals surface area contributed by atoms with Crippen molar-refractivity contribution in [1.29, 1.82) is 0 Å². The van der Waals surface area contributed by atoms with Crippen LogP contribution >= 0.6 is 0 Å². The first-order valence-electron chi connectivity index (χ1n) is 16.9. The van der Waals surface area contributed by atoms with Gasteiger partial charge < -0.3 is 14.9 Å². The smallest absolute Gasteiger partial charge is 0.339 e. The number of piperidine rings is 1. The molecule has 45 heavy (non-hydrogen) atoms. The highest BCUT2D eigenvalue weighted by molar-refractivity contribution is 5.89. The molecule has 1 saturated heterocycles. The molecular formula is C38H45N5O2. The van der Waals surface area contributed by atoms with Gasteiger partial charge in [0, 0.05) is 24.7 Å². The Morgan fingerprint density at radius 3 is 2.51 bits per heavy atom. The average molecular weight is 604 g/mol. The van der Waals surface area contributed by atoms with E-state index in [1.165, 1.54) is 73.9 Å². The maximum atomic E-state index is 11.8. The van der Waals surface area contributed by atoms with Gasteiger partial charge in [0.25, 0.3) is 0 Å². The zero-order valence-corrected chi connectivity index (χ0v) is 26.9. The summed E-state index contributed by atoms with van der Waals surface area (Å²) >= 11 is 0. The number of aryl methyl sites for hydroxylation is 1. The van der Waals surface area contributed by atoms with Gasteiger partial charge in [-0.05, 0) is 111 Å². The molecule has 0 bridgehead atoms. The molecule has 7 heteroatoms. The summed E-state index contributed by atoms with van der Waals surface area (Å²) in [6, 6.07) is 20.1. The molecule has 234 valence electrons. The number of carboxylic acid groups (broad SMARTS) is 1. The molecule has 1 N–H and O–H groups in total. The fourth-order valence-electron chi connectivity index (χ4n) is 7.72. The number of hydrogen-bond acceptors (Lipinski definition) is 5. The van der Waals surface area contributed by atoms with E-state index in [4.69, 9.17) is 4.98 Å². The minimum atomic E-state index is -0.965. The molecule has 1 saturated carbocycles. The lowest BCUT2D eigenvalue weighted by atomic mass is 9.85. The van der Waals surface area contributed by atoms with Crippen molar-refractivity contribution in [2.24, 2.45) is 5.92 Å². The largest absolute Gasteiger partial charge is 0.478 e. The molecular weight excluding hydrogens is 558 g/mol. The molecule has 2 aliphatic heterocycles. The standard InChI is InChI=1S/C38H45N5O2/c1-4-28-21-27(14-15-31(28)29-16-18-41(19-17-29)23-26-12-13-26)24-42-25(3)20-30-8-6-9-32(37(30)42)34-10-7-11-36(40-34)43-35(5-2)33(22-39-43)38(44)45/h6-11,14-15,21-22,25-26,29H,4-5,12-13,16-20,23-24H2,1-3H3,(H,44,45). The third-order valence-electron chi connectivity index (χ3n) is 10.3. The van der Waals surface area contributed by atoms with Crippen molar-refractivity contribution in [2.45, 2.75) is 84.2 Å². The van der Waals surface area contributed by atoms with Gasteiger partial charge in [-0.3, -0.25) is 0 Å². The molecule has 2 aromatic carbocycles. The van der Waals surface area contributed by atoms with Crippen molar-refractivity contribution in [3.63, 3.8) is 0 Å². The highest BCUT2D eigenvalue weighted by Gasteiger charge is 2.31. The summed E-state index contributed by atoms with van der Waals surface area (Å²) in [5.41, 5.74) is 9.89. The van der Waals surface area contributed by atoms with E-state index in [1.54, 1.807) is 10.2 Å². The van der Waals surface area contributed by atoms with E-state index in [2.05, 4.69) is 65.1 Å². The number of benzene rings is 2. The average Bonchev–Trinajstić information content (AvgIpc) is 3.67. The quantitative estimate of drug-likeness (QED) is 0.205. The highest BCUT2D eigenvalue weighted by Crippen LogP contribution is 2.42. The molecule has 4 heterocycles. The summed E-state index contributed by atoms with van der Waals surface area (Å²) in [7, 11) is 0. The lowest BCUT2D eigenvalue weighted by molar-refractivity contribution is 0.0695. The number of fused-ring (bicyclic) bond motifs is 1. The van der Waals surface area contributed by atoms with E-state index >= 15 is 0 Å². The molecule has 1 unspecified atom stereocenters. The Labute approximate surface area is 266 Å². The maximum Gasteiger partial charge on any atom is 0.339 e. The molecule has 2 aromatic heterocycles. The van der Waals surface area contributed by atoms with E-state index < -0.39 is 5.97 Å². The van der Waals surface area contributed by atoms with Crippen LogP contribution in [0.2, 0.25) is 0 Å². The first kappa shape index (κ1) is 29.7. The van der Waals surface area contributed by atoms with Crippen molar-refractivity contribution < 1.29 is 9.90 Å². The molecule has 4 aromatic rings. The van der Waals surface area contributed by atoms with E-state index in [9.17, 15) is 9.90 Å². The summed E-state index contributed by atoms with van der Waals surface area (Å²) in [4.78, 5) is 22.0. The van der Waals surface area contributed by atoms with Crippen LogP contribution in [0.25, 0.3) is 17.1 Å². The number of hydrogen-bond donors (Lipinski definition) is 1. The van der Waals surface area contributed by atoms with E-state index in [-0.39, 0.29) is 5.56 Å². The molecule has 3 aliphatic rings. The van der Waals surface area contributed by atoms with Crippen LogP contribution in [0.5, 0.6) is 0 Å². The van der Waals surface area contributed by atoms with Crippen molar-refractivity contribution >= 4 is 11.7 Å².